The molecule has 33 heavy (non-hydrogen) atoms. The second kappa shape index (κ2) is 11.2. The highest BCUT2D eigenvalue weighted by Crippen LogP contribution is 2.33. The second-order valence-electron chi connectivity index (χ2n) is 8.53. The van der Waals surface area contributed by atoms with Gasteiger partial charge in [-0.1, -0.05) is 23.2 Å². The van der Waals surface area contributed by atoms with E-state index in [-0.39, 0.29) is 5.91 Å². The number of carbonyl (C=O) groups is 1. The van der Waals surface area contributed by atoms with E-state index in [1.165, 1.54) is 19.3 Å². The summed E-state index contributed by atoms with van der Waals surface area (Å²) in [6, 6.07) is 10.2. The first-order valence-electron chi connectivity index (χ1n) is 11.5. The summed E-state index contributed by atoms with van der Waals surface area (Å²) in [4.78, 5) is 21.3. The fourth-order valence-electron chi connectivity index (χ4n) is 4.62. The molecule has 0 unspecified atom stereocenters. The van der Waals surface area contributed by atoms with E-state index >= 15 is 0 Å². The lowest BCUT2D eigenvalue weighted by Crippen LogP contribution is -2.49. The average Bonchev–Trinajstić information content (AvgIpc) is 2.86. The van der Waals surface area contributed by atoms with Gasteiger partial charge in [0, 0.05) is 78.3 Å². The number of halogens is 2. The number of amides is 1. The normalized spacial score (nSPS) is 16.9. The summed E-state index contributed by atoms with van der Waals surface area (Å²) in [5.41, 5.74) is 3.69. The van der Waals surface area contributed by atoms with Crippen LogP contribution < -0.4 is 9.80 Å². The molecule has 0 atom stereocenters. The van der Waals surface area contributed by atoms with Crippen molar-refractivity contribution >= 4 is 52.2 Å². The van der Waals surface area contributed by atoms with Crippen molar-refractivity contribution in [3.63, 3.8) is 0 Å². The molecule has 1 amide bonds. The highest BCUT2D eigenvalue weighted by molar-refractivity contribution is 7.98. The number of carbonyl (C=O) groups excluding carboxylic acids is 1. The first kappa shape index (κ1) is 24.5. The zero-order chi connectivity index (χ0) is 23.4. The molecule has 0 spiro atoms. The van der Waals surface area contributed by atoms with Crippen LogP contribution in [0.3, 0.4) is 0 Å². The molecule has 0 aliphatic carbocycles. The van der Waals surface area contributed by atoms with Crippen LogP contribution >= 0.6 is 35.0 Å². The smallest absolute Gasteiger partial charge is 0.256 e. The van der Waals surface area contributed by atoms with Crippen LogP contribution in [0.5, 0.6) is 0 Å². The van der Waals surface area contributed by atoms with Crippen LogP contribution in [0.15, 0.2) is 35.2 Å². The number of piperazine rings is 1. The van der Waals surface area contributed by atoms with Crippen LogP contribution in [-0.2, 0) is 11.3 Å². The van der Waals surface area contributed by atoms with E-state index in [2.05, 4.69) is 34.3 Å². The largest absolute Gasteiger partial charge is 0.380 e. The standard InChI is InChI=1S/C25H31Cl2N3O2S/c1-32-17-21-22(26)14-18(15-23(21)27)28-10-12-30(13-11-28)25(31)20-16-19(33-2)6-7-24(20)29-8-4-3-5-9-29/h6-7,14-16H,3-5,8-13,17H2,1-2H3. The third kappa shape index (κ3) is 5.56. The van der Waals surface area contributed by atoms with Gasteiger partial charge in [-0.25, -0.2) is 0 Å². The number of hydrogen-bond donors (Lipinski definition) is 0. The van der Waals surface area contributed by atoms with Gasteiger partial charge >= 0.3 is 0 Å². The molecule has 2 fully saturated rings. The van der Waals surface area contributed by atoms with Crippen molar-refractivity contribution < 1.29 is 9.53 Å². The van der Waals surface area contributed by atoms with Crippen molar-refractivity contribution in [1.82, 2.24) is 4.90 Å². The molecule has 0 saturated carbocycles. The van der Waals surface area contributed by atoms with E-state index in [0.717, 1.165) is 53.6 Å². The van der Waals surface area contributed by atoms with Gasteiger partial charge < -0.3 is 19.4 Å². The van der Waals surface area contributed by atoms with E-state index in [1.54, 1.807) is 18.9 Å². The number of thioether (sulfide) groups is 1. The van der Waals surface area contributed by atoms with E-state index in [4.69, 9.17) is 27.9 Å². The van der Waals surface area contributed by atoms with Crippen LogP contribution in [0.2, 0.25) is 10.0 Å². The monoisotopic (exact) mass is 507 g/mol. The maximum Gasteiger partial charge on any atom is 0.256 e. The number of piperidine rings is 1. The number of benzene rings is 2. The average molecular weight is 509 g/mol. The number of hydrogen-bond acceptors (Lipinski definition) is 5. The Morgan fingerprint density at radius 2 is 1.61 bits per heavy atom. The predicted octanol–water partition coefficient (Wildman–Crippen LogP) is 5.81. The predicted molar refractivity (Wildman–Crippen MR) is 140 cm³/mol. The Bertz CT molecular complexity index is 967. The SMILES string of the molecule is COCc1c(Cl)cc(N2CCN(C(=O)c3cc(SC)ccc3N3CCCCC3)CC2)cc1Cl. The van der Waals surface area contributed by atoms with E-state index < -0.39 is 0 Å². The summed E-state index contributed by atoms with van der Waals surface area (Å²) in [5.74, 6) is 0.123. The summed E-state index contributed by atoms with van der Waals surface area (Å²) < 4.78 is 5.20. The number of anilines is 2. The maximum atomic E-state index is 13.6. The van der Waals surface area contributed by atoms with Gasteiger partial charge in [-0.15, -0.1) is 11.8 Å². The minimum atomic E-state index is 0.123. The molecule has 2 aromatic carbocycles. The Balaban J connectivity index is 1.49. The molecule has 5 nitrogen and oxygen atoms in total. The number of methoxy groups -OCH3 is 1. The van der Waals surface area contributed by atoms with Gasteiger partial charge in [-0.3, -0.25) is 4.79 Å². The van der Waals surface area contributed by atoms with Gasteiger partial charge in [-0.05, 0) is 55.9 Å². The Morgan fingerprint density at radius 1 is 0.939 bits per heavy atom. The van der Waals surface area contributed by atoms with Crippen molar-refractivity contribution in [2.75, 3.05) is 62.4 Å². The van der Waals surface area contributed by atoms with Gasteiger partial charge in [0.15, 0.2) is 0 Å². The molecule has 2 saturated heterocycles. The highest BCUT2D eigenvalue weighted by Gasteiger charge is 2.27. The molecule has 0 bridgehead atoms. The van der Waals surface area contributed by atoms with E-state index in [9.17, 15) is 4.79 Å². The fourth-order valence-corrected chi connectivity index (χ4v) is 5.64. The molecule has 0 N–H and O–H groups in total. The first-order chi connectivity index (χ1) is 16.0. The number of ether oxygens (including phenoxy) is 1. The highest BCUT2D eigenvalue weighted by atomic mass is 35.5. The quantitative estimate of drug-likeness (QED) is 0.460. The van der Waals surface area contributed by atoms with Crippen LogP contribution in [0, 0.1) is 0 Å². The van der Waals surface area contributed by atoms with Gasteiger partial charge in [0.2, 0.25) is 0 Å². The molecule has 2 aliphatic heterocycles. The van der Waals surface area contributed by atoms with Gasteiger partial charge in [0.25, 0.3) is 5.91 Å². The lowest BCUT2D eigenvalue weighted by Gasteiger charge is -2.37. The van der Waals surface area contributed by atoms with E-state index in [1.807, 2.05) is 17.0 Å². The molecule has 8 heteroatoms. The molecule has 2 aliphatic rings. The Labute approximate surface area is 211 Å². The molecule has 4 rings (SSSR count). The van der Waals surface area contributed by atoms with Crippen LogP contribution in [0.25, 0.3) is 0 Å². The molecule has 0 radical (unpaired) electrons. The van der Waals surface area contributed by atoms with Crippen molar-refractivity contribution in [2.45, 2.75) is 30.8 Å². The molecule has 178 valence electrons. The lowest BCUT2D eigenvalue weighted by molar-refractivity contribution is 0.0747. The van der Waals surface area contributed by atoms with Gasteiger partial charge in [0.1, 0.15) is 0 Å². The Morgan fingerprint density at radius 3 is 2.21 bits per heavy atom. The molecule has 2 heterocycles. The van der Waals surface area contributed by atoms with Gasteiger partial charge in [0.05, 0.1) is 12.2 Å². The van der Waals surface area contributed by atoms with Crippen LogP contribution in [0.4, 0.5) is 11.4 Å². The number of rotatable bonds is 6. The van der Waals surface area contributed by atoms with Crippen molar-refractivity contribution in [1.29, 1.82) is 0 Å². The van der Waals surface area contributed by atoms with E-state index in [0.29, 0.717) is 29.7 Å². The molecule has 0 aromatic heterocycles. The maximum absolute atomic E-state index is 13.6. The summed E-state index contributed by atoms with van der Waals surface area (Å²) >= 11 is 14.6. The zero-order valence-corrected chi connectivity index (χ0v) is 21.6. The minimum Gasteiger partial charge on any atom is -0.380 e. The minimum absolute atomic E-state index is 0.123. The lowest BCUT2D eigenvalue weighted by atomic mass is 10.1. The summed E-state index contributed by atoms with van der Waals surface area (Å²) in [5, 5.41) is 1.22. The Hall–Kier alpha value is -1.60. The van der Waals surface area contributed by atoms with Crippen molar-refractivity contribution in [3.05, 3.63) is 51.5 Å². The van der Waals surface area contributed by atoms with Gasteiger partial charge in [-0.2, -0.15) is 0 Å². The topological polar surface area (TPSA) is 36.0 Å². The van der Waals surface area contributed by atoms with Crippen LogP contribution in [-0.4, -0.2) is 63.4 Å². The second-order valence-corrected chi connectivity index (χ2v) is 10.2. The summed E-state index contributed by atoms with van der Waals surface area (Å²) in [6.45, 7) is 5.23. The zero-order valence-electron chi connectivity index (χ0n) is 19.3. The molecule has 2 aromatic rings. The fraction of sp³-hybridized carbons (Fsp3) is 0.480. The van der Waals surface area contributed by atoms with Crippen molar-refractivity contribution in [2.24, 2.45) is 0 Å². The Kier molecular flexibility index (Phi) is 8.34. The van der Waals surface area contributed by atoms with Crippen LogP contribution in [0.1, 0.15) is 35.2 Å². The van der Waals surface area contributed by atoms with Crippen molar-refractivity contribution in [3.8, 4) is 0 Å². The third-order valence-electron chi connectivity index (χ3n) is 6.48. The third-order valence-corrected chi connectivity index (χ3v) is 7.88. The summed E-state index contributed by atoms with van der Waals surface area (Å²) in [6.07, 6.45) is 5.69. The first-order valence-corrected chi connectivity index (χ1v) is 13.4. The number of nitrogens with zero attached hydrogens (tertiary/aromatic N) is 3. The molecular formula is C25H31Cl2N3O2S. The summed E-state index contributed by atoms with van der Waals surface area (Å²) in [7, 11) is 1.63. The molecular weight excluding hydrogens is 477 g/mol.